The molecule has 28 heavy (non-hydrogen) atoms. The van der Waals surface area contributed by atoms with Crippen LogP contribution in [0.1, 0.15) is 21.6 Å². The third-order valence-electron chi connectivity index (χ3n) is 3.96. The van der Waals surface area contributed by atoms with Gasteiger partial charge in [0.1, 0.15) is 11.4 Å². The molecule has 3 aromatic rings. The number of ether oxygens (including phenoxy) is 1. The van der Waals surface area contributed by atoms with Gasteiger partial charge >= 0.3 is 0 Å². The number of benzene rings is 2. The highest BCUT2D eigenvalue weighted by atomic mass is 35.5. The molecular formula is C19H17ClN4O4. The van der Waals surface area contributed by atoms with Crippen molar-refractivity contribution in [2.24, 2.45) is 0 Å². The molecule has 0 radical (unpaired) electrons. The minimum absolute atomic E-state index is 0.0421. The fourth-order valence-electron chi connectivity index (χ4n) is 2.60. The Morgan fingerprint density at radius 1 is 1.25 bits per heavy atom. The molecule has 1 aromatic heterocycles. The lowest BCUT2D eigenvalue weighted by atomic mass is 10.1. The fraction of sp³-hybridized carbons (Fsp3) is 0.158. The lowest BCUT2D eigenvalue weighted by Gasteiger charge is -2.09. The molecule has 144 valence electrons. The summed E-state index contributed by atoms with van der Waals surface area (Å²) in [5.74, 6) is 0.152. The van der Waals surface area contributed by atoms with Crippen LogP contribution in [-0.2, 0) is 6.73 Å². The molecular weight excluding hydrogens is 384 g/mol. The van der Waals surface area contributed by atoms with Gasteiger partial charge in [-0.25, -0.2) is 4.68 Å². The van der Waals surface area contributed by atoms with Crippen LogP contribution in [0.3, 0.4) is 0 Å². The number of carbonyl (C=O) groups excluding carboxylic acids is 1. The zero-order chi connectivity index (χ0) is 20.3. The number of aryl methyl sites for hydroxylation is 2. The zero-order valence-corrected chi connectivity index (χ0v) is 15.9. The van der Waals surface area contributed by atoms with E-state index in [0.29, 0.717) is 0 Å². The summed E-state index contributed by atoms with van der Waals surface area (Å²) in [5, 5.41) is 18.0. The van der Waals surface area contributed by atoms with Gasteiger partial charge in [0, 0.05) is 17.3 Å². The number of amides is 1. The van der Waals surface area contributed by atoms with Crippen molar-refractivity contribution in [2.75, 3.05) is 5.32 Å². The highest BCUT2D eigenvalue weighted by Crippen LogP contribution is 2.28. The normalized spacial score (nSPS) is 10.5. The van der Waals surface area contributed by atoms with Crippen molar-refractivity contribution in [3.8, 4) is 5.75 Å². The summed E-state index contributed by atoms with van der Waals surface area (Å²) in [6.45, 7) is 4.07. The molecule has 0 atom stereocenters. The maximum absolute atomic E-state index is 12.4. The smallest absolute Gasteiger partial charge is 0.294 e. The van der Waals surface area contributed by atoms with E-state index < -0.39 is 10.8 Å². The van der Waals surface area contributed by atoms with E-state index in [1.807, 2.05) is 32.0 Å². The molecule has 0 spiro atoms. The van der Waals surface area contributed by atoms with Gasteiger partial charge in [0.15, 0.2) is 12.4 Å². The number of hydrogen-bond acceptors (Lipinski definition) is 5. The first-order valence-corrected chi connectivity index (χ1v) is 8.70. The average molecular weight is 401 g/mol. The van der Waals surface area contributed by atoms with Gasteiger partial charge in [-0.15, -0.1) is 0 Å². The van der Waals surface area contributed by atoms with Crippen LogP contribution in [0.4, 0.5) is 11.4 Å². The lowest BCUT2D eigenvalue weighted by molar-refractivity contribution is -0.383. The second kappa shape index (κ2) is 8.10. The van der Waals surface area contributed by atoms with E-state index in [4.69, 9.17) is 16.3 Å². The van der Waals surface area contributed by atoms with E-state index in [1.54, 1.807) is 6.20 Å². The Hall–Kier alpha value is -3.39. The molecule has 0 saturated carbocycles. The van der Waals surface area contributed by atoms with Crippen LogP contribution in [0.25, 0.3) is 0 Å². The summed E-state index contributed by atoms with van der Waals surface area (Å²) in [6.07, 6.45) is 1.59. The minimum atomic E-state index is -0.613. The van der Waals surface area contributed by atoms with E-state index in [9.17, 15) is 14.9 Å². The number of nitro benzene ring substituents is 1. The number of hydrogen-bond donors (Lipinski definition) is 1. The van der Waals surface area contributed by atoms with Crippen LogP contribution in [0.2, 0.25) is 5.02 Å². The maximum Gasteiger partial charge on any atom is 0.294 e. The Kier molecular flexibility index (Phi) is 5.60. The van der Waals surface area contributed by atoms with Crippen molar-refractivity contribution >= 4 is 28.9 Å². The topological polar surface area (TPSA) is 99.3 Å². The van der Waals surface area contributed by atoms with E-state index in [2.05, 4.69) is 10.4 Å². The van der Waals surface area contributed by atoms with Gasteiger partial charge < -0.3 is 10.1 Å². The van der Waals surface area contributed by atoms with Crippen LogP contribution >= 0.6 is 11.6 Å². The molecule has 8 nitrogen and oxygen atoms in total. The number of anilines is 1. The minimum Gasteiger partial charge on any atom is -0.471 e. The molecule has 1 amide bonds. The van der Waals surface area contributed by atoms with E-state index in [0.717, 1.165) is 16.9 Å². The molecule has 0 aliphatic carbocycles. The molecule has 0 unspecified atom stereocenters. The summed E-state index contributed by atoms with van der Waals surface area (Å²) < 4.78 is 7.18. The number of aromatic nitrogens is 2. The third kappa shape index (κ3) is 4.47. The molecule has 2 aromatic carbocycles. The monoisotopic (exact) mass is 400 g/mol. The lowest BCUT2D eigenvalue weighted by Crippen LogP contribution is -2.15. The number of nitrogens with one attached hydrogen (secondary N) is 1. The van der Waals surface area contributed by atoms with Gasteiger partial charge in [0.2, 0.25) is 0 Å². The van der Waals surface area contributed by atoms with E-state index in [-0.39, 0.29) is 28.8 Å². The van der Waals surface area contributed by atoms with Gasteiger partial charge in [-0.2, -0.15) is 5.10 Å². The molecule has 9 heteroatoms. The zero-order valence-electron chi connectivity index (χ0n) is 15.2. The predicted molar refractivity (Wildman–Crippen MR) is 105 cm³/mol. The number of carbonyl (C=O) groups is 1. The van der Waals surface area contributed by atoms with Gasteiger partial charge in [0.25, 0.3) is 11.6 Å². The van der Waals surface area contributed by atoms with Crippen LogP contribution in [0.15, 0.2) is 48.7 Å². The van der Waals surface area contributed by atoms with Gasteiger partial charge in [-0.05, 0) is 43.7 Å². The first-order chi connectivity index (χ1) is 13.3. The van der Waals surface area contributed by atoms with E-state index >= 15 is 0 Å². The number of nitro groups is 1. The Morgan fingerprint density at radius 3 is 2.75 bits per heavy atom. The first-order valence-electron chi connectivity index (χ1n) is 8.32. The highest BCUT2D eigenvalue weighted by molar-refractivity contribution is 6.31. The summed E-state index contributed by atoms with van der Waals surface area (Å²) in [4.78, 5) is 22.9. The standard InChI is InChI=1S/C19H17ClN4O4/c1-12-3-6-18(13(2)9-12)28-11-23-8-7-16(22-23)19(25)21-15-5-4-14(20)10-17(15)24(26)27/h3-10H,11H2,1-2H3,(H,21,25). The van der Waals surface area contributed by atoms with Crippen molar-refractivity contribution < 1.29 is 14.5 Å². The van der Waals surface area contributed by atoms with Crippen LogP contribution in [-0.4, -0.2) is 20.6 Å². The summed E-state index contributed by atoms with van der Waals surface area (Å²) >= 11 is 5.78. The van der Waals surface area contributed by atoms with Crippen molar-refractivity contribution in [1.29, 1.82) is 0 Å². The largest absolute Gasteiger partial charge is 0.471 e. The van der Waals surface area contributed by atoms with Crippen LogP contribution in [0.5, 0.6) is 5.75 Å². The molecule has 1 heterocycles. The maximum atomic E-state index is 12.4. The Balaban J connectivity index is 1.68. The van der Waals surface area contributed by atoms with Crippen LogP contribution < -0.4 is 10.1 Å². The molecule has 1 N–H and O–H groups in total. The second-order valence-electron chi connectivity index (χ2n) is 6.16. The third-order valence-corrected chi connectivity index (χ3v) is 4.20. The molecule has 0 bridgehead atoms. The Labute approximate surface area is 165 Å². The van der Waals surface area contributed by atoms with E-state index in [1.165, 1.54) is 28.9 Å². The van der Waals surface area contributed by atoms with Crippen LogP contribution in [0, 0.1) is 24.0 Å². The van der Waals surface area contributed by atoms with Crippen molar-refractivity contribution in [1.82, 2.24) is 9.78 Å². The average Bonchev–Trinajstić information content (AvgIpc) is 3.11. The van der Waals surface area contributed by atoms with Gasteiger partial charge in [-0.1, -0.05) is 29.3 Å². The Bertz CT molecular complexity index is 1050. The van der Waals surface area contributed by atoms with Crippen molar-refractivity contribution in [3.63, 3.8) is 0 Å². The summed E-state index contributed by atoms with van der Waals surface area (Å²) in [6, 6.07) is 11.3. The summed E-state index contributed by atoms with van der Waals surface area (Å²) in [7, 11) is 0. The SMILES string of the molecule is Cc1ccc(OCn2ccc(C(=O)Nc3ccc(Cl)cc3[N+](=O)[O-])n2)c(C)c1. The van der Waals surface area contributed by atoms with Crippen molar-refractivity contribution in [2.45, 2.75) is 20.6 Å². The molecule has 0 aliphatic heterocycles. The predicted octanol–water partition coefficient (Wildman–Crippen LogP) is 4.35. The van der Waals surface area contributed by atoms with Crippen molar-refractivity contribution in [3.05, 3.63) is 80.6 Å². The highest BCUT2D eigenvalue weighted by Gasteiger charge is 2.18. The number of nitrogens with zero attached hydrogens (tertiary/aromatic N) is 3. The second-order valence-corrected chi connectivity index (χ2v) is 6.59. The Morgan fingerprint density at radius 2 is 2.04 bits per heavy atom. The molecule has 3 rings (SSSR count). The summed E-state index contributed by atoms with van der Waals surface area (Å²) in [5.41, 5.74) is 1.99. The fourth-order valence-corrected chi connectivity index (χ4v) is 2.77. The number of rotatable bonds is 6. The molecule has 0 fully saturated rings. The van der Waals surface area contributed by atoms with Gasteiger partial charge in [0.05, 0.1) is 4.92 Å². The molecule has 0 saturated heterocycles. The molecule has 0 aliphatic rings. The van der Waals surface area contributed by atoms with Gasteiger partial charge in [-0.3, -0.25) is 14.9 Å². The quantitative estimate of drug-likeness (QED) is 0.489. The number of halogens is 1. The first kappa shape index (κ1) is 19.4.